The topological polar surface area (TPSA) is 27.3 Å². The summed E-state index contributed by atoms with van der Waals surface area (Å²) in [6.07, 6.45) is 12.3. The van der Waals surface area contributed by atoms with Crippen LogP contribution in [-0.4, -0.2) is 34.2 Å². The summed E-state index contributed by atoms with van der Waals surface area (Å²) in [7, 11) is 0. The Morgan fingerprint density at radius 3 is 2.36 bits per heavy atom. The van der Waals surface area contributed by atoms with E-state index < -0.39 is 0 Å². The number of thiocarbonyl (C=S) groups is 1. The standard InChI is InChI=1S/C20H28ClN3S/c21-14-5-3-6-15(11-14)22-20(25)23-16-12-18-9-4-10-19(13-16)24(18)17-7-1-2-8-17/h3,5-6,11,16-19H,1-2,4,7-10,12-13H2,(H2,22,23,25)/t16?,18-,19+. The second-order valence-corrected chi connectivity index (χ2v) is 8.75. The van der Waals surface area contributed by atoms with Gasteiger partial charge in [-0.15, -0.1) is 0 Å². The van der Waals surface area contributed by atoms with Crippen LogP contribution < -0.4 is 10.6 Å². The molecule has 0 radical (unpaired) electrons. The van der Waals surface area contributed by atoms with Gasteiger partial charge in [-0.1, -0.05) is 36.9 Å². The fourth-order valence-corrected chi connectivity index (χ4v) is 5.73. The highest BCUT2D eigenvalue weighted by Gasteiger charge is 2.42. The summed E-state index contributed by atoms with van der Waals surface area (Å²) < 4.78 is 0. The van der Waals surface area contributed by atoms with Gasteiger partial charge in [0.15, 0.2) is 5.11 Å². The second kappa shape index (κ2) is 7.81. The molecule has 2 aliphatic heterocycles. The van der Waals surface area contributed by atoms with E-state index in [1.807, 2.05) is 24.3 Å². The number of benzene rings is 1. The molecule has 25 heavy (non-hydrogen) atoms. The molecular weight excluding hydrogens is 350 g/mol. The minimum atomic E-state index is 0.493. The molecule has 3 nitrogen and oxygen atoms in total. The van der Waals surface area contributed by atoms with Crippen molar-refractivity contribution in [3.05, 3.63) is 29.3 Å². The molecule has 136 valence electrons. The molecule has 1 unspecified atom stereocenters. The van der Waals surface area contributed by atoms with Crippen LogP contribution in [0, 0.1) is 0 Å². The first-order valence-corrected chi connectivity index (χ1v) is 10.6. The fourth-order valence-electron chi connectivity index (χ4n) is 5.25. The summed E-state index contributed by atoms with van der Waals surface area (Å²) in [4.78, 5) is 2.90. The molecule has 2 heterocycles. The molecule has 1 aliphatic carbocycles. The third-order valence-corrected chi connectivity index (χ3v) is 6.65. The monoisotopic (exact) mass is 377 g/mol. The number of hydrogen-bond donors (Lipinski definition) is 2. The zero-order valence-corrected chi connectivity index (χ0v) is 16.3. The molecular formula is C20H28ClN3S. The lowest BCUT2D eigenvalue weighted by atomic mass is 9.80. The highest BCUT2D eigenvalue weighted by molar-refractivity contribution is 7.80. The Labute approximate surface area is 161 Å². The SMILES string of the molecule is S=C(Nc1cccc(Cl)c1)NC1C[C@H]2CCC[C@@H](C1)N2C1CCCC1. The summed E-state index contributed by atoms with van der Waals surface area (Å²) >= 11 is 11.6. The molecule has 3 fully saturated rings. The van der Waals surface area contributed by atoms with Crippen molar-refractivity contribution in [1.82, 2.24) is 10.2 Å². The number of hydrogen-bond acceptors (Lipinski definition) is 2. The lowest BCUT2D eigenvalue weighted by Gasteiger charge is -2.52. The van der Waals surface area contributed by atoms with E-state index in [1.54, 1.807) is 0 Å². The summed E-state index contributed by atoms with van der Waals surface area (Å²) in [5.74, 6) is 0. The molecule has 5 heteroatoms. The van der Waals surface area contributed by atoms with E-state index in [0.29, 0.717) is 6.04 Å². The van der Waals surface area contributed by atoms with Gasteiger partial charge in [0.1, 0.15) is 0 Å². The maximum atomic E-state index is 6.05. The van der Waals surface area contributed by atoms with Crippen molar-refractivity contribution in [3.8, 4) is 0 Å². The highest BCUT2D eigenvalue weighted by atomic mass is 35.5. The molecule has 3 aliphatic rings. The Morgan fingerprint density at radius 1 is 1.00 bits per heavy atom. The Balaban J connectivity index is 1.35. The summed E-state index contributed by atoms with van der Waals surface area (Å²) in [5.41, 5.74) is 0.952. The van der Waals surface area contributed by atoms with Crippen LogP contribution in [0.3, 0.4) is 0 Å². The molecule has 1 aromatic carbocycles. The predicted octanol–water partition coefficient (Wildman–Crippen LogP) is 4.95. The van der Waals surface area contributed by atoms with E-state index in [2.05, 4.69) is 15.5 Å². The first-order valence-electron chi connectivity index (χ1n) is 9.79. The van der Waals surface area contributed by atoms with Crippen LogP contribution in [0.2, 0.25) is 5.02 Å². The number of fused-ring (bicyclic) bond motifs is 2. The number of nitrogens with zero attached hydrogens (tertiary/aromatic N) is 1. The van der Waals surface area contributed by atoms with E-state index in [-0.39, 0.29) is 0 Å². The Kier molecular flexibility index (Phi) is 5.49. The van der Waals surface area contributed by atoms with Gasteiger partial charge in [0.05, 0.1) is 0 Å². The number of halogens is 1. The second-order valence-electron chi connectivity index (χ2n) is 7.90. The van der Waals surface area contributed by atoms with Gasteiger partial charge in [-0.3, -0.25) is 4.90 Å². The van der Waals surface area contributed by atoms with Crippen molar-refractivity contribution in [3.63, 3.8) is 0 Å². The largest absolute Gasteiger partial charge is 0.360 e. The van der Waals surface area contributed by atoms with Gasteiger partial charge in [-0.25, -0.2) is 0 Å². The van der Waals surface area contributed by atoms with Crippen molar-refractivity contribution < 1.29 is 0 Å². The molecule has 2 N–H and O–H groups in total. The van der Waals surface area contributed by atoms with Crippen LogP contribution >= 0.6 is 23.8 Å². The molecule has 4 rings (SSSR count). The van der Waals surface area contributed by atoms with Crippen molar-refractivity contribution in [2.24, 2.45) is 0 Å². The van der Waals surface area contributed by atoms with Gasteiger partial charge < -0.3 is 10.6 Å². The fraction of sp³-hybridized carbons (Fsp3) is 0.650. The van der Waals surface area contributed by atoms with E-state index in [1.165, 1.54) is 57.8 Å². The van der Waals surface area contributed by atoms with Crippen molar-refractivity contribution in [1.29, 1.82) is 0 Å². The van der Waals surface area contributed by atoms with Crippen LogP contribution in [0.25, 0.3) is 0 Å². The lowest BCUT2D eigenvalue weighted by molar-refractivity contribution is -0.00596. The third-order valence-electron chi connectivity index (χ3n) is 6.20. The zero-order chi connectivity index (χ0) is 17.2. The number of anilines is 1. The van der Waals surface area contributed by atoms with Gasteiger partial charge >= 0.3 is 0 Å². The van der Waals surface area contributed by atoms with Gasteiger partial charge in [0.25, 0.3) is 0 Å². The van der Waals surface area contributed by atoms with Crippen LogP contribution in [0.1, 0.15) is 57.8 Å². The van der Waals surface area contributed by atoms with Crippen LogP contribution in [0.15, 0.2) is 24.3 Å². The van der Waals surface area contributed by atoms with Crippen molar-refractivity contribution in [2.75, 3.05) is 5.32 Å². The van der Waals surface area contributed by atoms with E-state index in [9.17, 15) is 0 Å². The molecule has 0 aromatic heterocycles. The molecule has 0 spiro atoms. The third kappa shape index (κ3) is 4.12. The van der Waals surface area contributed by atoms with E-state index >= 15 is 0 Å². The maximum Gasteiger partial charge on any atom is 0.170 e. The molecule has 1 saturated carbocycles. The summed E-state index contributed by atoms with van der Waals surface area (Å²) in [5, 5.41) is 8.31. The number of nitrogens with one attached hydrogen (secondary N) is 2. The Morgan fingerprint density at radius 2 is 1.68 bits per heavy atom. The normalized spacial score (nSPS) is 30.2. The van der Waals surface area contributed by atoms with Crippen LogP contribution in [-0.2, 0) is 0 Å². The van der Waals surface area contributed by atoms with Crippen molar-refractivity contribution in [2.45, 2.75) is 82.0 Å². The maximum absolute atomic E-state index is 6.05. The van der Waals surface area contributed by atoms with Crippen LogP contribution in [0.4, 0.5) is 5.69 Å². The van der Waals surface area contributed by atoms with E-state index in [0.717, 1.165) is 33.9 Å². The summed E-state index contributed by atoms with van der Waals surface area (Å²) in [6.45, 7) is 0. The minimum absolute atomic E-state index is 0.493. The first kappa shape index (κ1) is 17.6. The molecule has 2 saturated heterocycles. The molecule has 3 atom stereocenters. The Bertz CT molecular complexity index is 603. The lowest BCUT2D eigenvalue weighted by Crippen LogP contribution is -2.59. The minimum Gasteiger partial charge on any atom is -0.360 e. The molecule has 0 amide bonds. The average Bonchev–Trinajstić information content (AvgIpc) is 3.08. The number of rotatable bonds is 3. The average molecular weight is 378 g/mol. The van der Waals surface area contributed by atoms with Gasteiger partial charge in [0, 0.05) is 34.9 Å². The van der Waals surface area contributed by atoms with Gasteiger partial charge in [-0.05, 0) is 68.9 Å². The predicted molar refractivity (Wildman–Crippen MR) is 109 cm³/mol. The van der Waals surface area contributed by atoms with Gasteiger partial charge in [0.2, 0.25) is 0 Å². The Hall–Kier alpha value is -0.840. The summed E-state index contributed by atoms with van der Waals surface area (Å²) in [6, 6.07) is 10.6. The zero-order valence-electron chi connectivity index (χ0n) is 14.7. The van der Waals surface area contributed by atoms with Crippen molar-refractivity contribution >= 4 is 34.6 Å². The molecule has 1 aromatic rings. The quantitative estimate of drug-likeness (QED) is 0.728. The highest BCUT2D eigenvalue weighted by Crippen LogP contribution is 2.39. The smallest absolute Gasteiger partial charge is 0.170 e. The molecule has 2 bridgehead atoms. The number of piperidine rings is 2. The van der Waals surface area contributed by atoms with Gasteiger partial charge in [-0.2, -0.15) is 0 Å². The van der Waals surface area contributed by atoms with E-state index in [4.69, 9.17) is 23.8 Å². The first-order chi connectivity index (χ1) is 12.2. The van der Waals surface area contributed by atoms with Crippen LogP contribution in [0.5, 0.6) is 0 Å².